The summed E-state index contributed by atoms with van der Waals surface area (Å²) in [6.45, 7) is 2.57. The molecule has 2 aromatic carbocycles. The third kappa shape index (κ3) is 3.60. The van der Waals surface area contributed by atoms with Gasteiger partial charge in [0.1, 0.15) is 5.82 Å². The molecule has 0 bridgehead atoms. The minimum Gasteiger partial charge on any atom is -0.378 e. The summed E-state index contributed by atoms with van der Waals surface area (Å²) >= 11 is 6.17. The molecule has 1 aliphatic rings. The van der Waals surface area contributed by atoms with Crippen LogP contribution in [0.1, 0.15) is 30.5 Å². The fourth-order valence-corrected chi connectivity index (χ4v) is 3.80. The first-order valence-corrected chi connectivity index (χ1v) is 9.24. The summed E-state index contributed by atoms with van der Waals surface area (Å²) < 4.78 is 13.8. The fraction of sp³-hybridized carbons (Fsp3) is 0.238. The number of nitrogens with zero attached hydrogens (tertiary/aromatic N) is 2. The van der Waals surface area contributed by atoms with Crippen molar-refractivity contribution in [1.29, 1.82) is 0 Å². The Balaban J connectivity index is 1.74. The summed E-state index contributed by atoms with van der Waals surface area (Å²) in [4.78, 5) is 18.0. The highest BCUT2D eigenvalue weighted by atomic mass is 35.5. The van der Waals surface area contributed by atoms with Crippen LogP contribution in [0.4, 0.5) is 10.1 Å². The number of carbonyl (C=O) groups excluding carboxylic acids is 1. The maximum atomic E-state index is 13.8. The van der Waals surface area contributed by atoms with E-state index in [-0.39, 0.29) is 17.8 Å². The molecule has 0 spiro atoms. The van der Waals surface area contributed by atoms with Crippen molar-refractivity contribution in [3.05, 3.63) is 70.6 Å². The predicted molar refractivity (Wildman–Crippen MR) is 105 cm³/mol. The van der Waals surface area contributed by atoms with Crippen molar-refractivity contribution < 1.29 is 9.18 Å². The Labute approximate surface area is 162 Å². The number of fused-ring (bicyclic) bond motifs is 2. The number of pyridine rings is 1. The van der Waals surface area contributed by atoms with Crippen LogP contribution in [-0.4, -0.2) is 22.3 Å². The first-order valence-electron chi connectivity index (χ1n) is 8.86. The van der Waals surface area contributed by atoms with Crippen LogP contribution < -0.4 is 5.32 Å². The normalized spacial score (nSPS) is 16.7. The van der Waals surface area contributed by atoms with Crippen molar-refractivity contribution in [2.75, 3.05) is 11.9 Å². The monoisotopic (exact) mass is 383 g/mol. The van der Waals surface area contributed by atoms with Crippen molar-refractivity contribution in [2.24, 2.45) is 0 Å². The summed E-state index contributed by atoms with van der Waals surface area (Å²) in [6, 6.07) is 12.3. The molecule has 1 aromatic heterocycles. The number of aromatic nitrogens is 1. The molecule has 1 amide bonds. The Kier molecular flexibility index (Phi) is 4.70. The van der Waals surface area contributed by atoms with E-state index in [0.717, 1.165) is 34.1 Å². The van der Waals surface area contributed by atoms with Gasteiger partial charge in [-0.2, -0.15) is 0 Å². The van der Waals surface area contributed by atoms with Crippen LogP contribution in [0.5, 0.6) is 0 Å². The molecule has 2 heterocycles. The highest BCUT2D eigenvalue weighted by molar-refractivity contribution is 6.31. The molecule has 0 fully saturated rings. The average molecular weight is 384 g/mol. The molecule has 0 saturated heterocycles. The minimum absolute atomic E-state index is 0.00740. The largest absolute Gasteiger partial charge is 0.378 e. The van der Waals surface area contributed by atoms with Gasteiger partial charge in [0, 0.05) is 42.3 Å². The number of hydrogen-bond acceptors (Lipinski definition) is 3. The lowest BCUT2D eigenvalue weighted by molar-refractivity contribution is -0.129. The molecule has 3 aromatic rings. The number of halogens is 2. The highest BCUT2D eigenvalue weighted by Gasteiger charge is 2.24. The Morgan fingerprint density at radius 1 is 1.26 bits per heavy atom. The molecule has 4 nitrogen and oxygen atoms in total. The quantitative estimate of drug-likeness (QED) is 0.682. The Bertz CT molecular complexity index is 1020. The number of carbonyl (C=O) groups is 1. The number of nitrogens with one attached hydrogen (secondary N) is 1. The van der Waals surface area contributed by atoms with Crippen LogP contribution in [0.2, 0.25) is 5.02 Å². The van der Waals surface area contributed by atoms with E-state index in [9.17, 15) is 9.18 Å². The van der Waals surface area contributed by atoms with E-state index >= 15 is 0 Å². The lowest BCUT2D eigenvalue weighted by atomic mass is 9.98. The molecule has 4 rings (SSSR count). The van der Waals surface area contributed by atoms with E-state index in [2.05, 4.69) is 10.3 Å². The zero-order valence-electron chi connectivity index (χ0n) is 14.9. The summed E-state index contributed by atoms with van der Waals surface area (Å²) in [7, 11) is 0. The van der Waals surface area contributed by atoms with Gasteiger partial charge in [0.25, 0.3) is 0 Å². The van der Waals surface area contributed by atoms with Gasteiger partial charge in [-0.05, 0) is 53.9 Å². The van der Waals surface area contributed by atoms with E-state index in [4.69, 9.17) is 11.6 Å². The smallest absolute Gasteiger partial charge is 0.219 e. The van der Waals surface area contributed by atoms with Crippen LogP contribution in [0.3, 0.4) is 0 Å². The zero-order chi connectivity index (χ0) is 19.0. The summed E-state index contributed by atoms with van der Waals surface area (Å²) in [5.41, 5.74) is 3.60. The van der Waals surface area contributed by atoms with Crippen molar-refractivity contribution in [1.82, 2.24) is 9.88 Å². The van der Waals surface area contributed by atoms with Crippen molar-refractivity contribution in [2.45, 2.75) is 25.9 Å². The number of anilines is 1. The van der Waals surface area contributed by atoms with Crippen molar-refractivity contribution in [3.63, 3.8) is 0 Å². The fourth-order valence-electron chi connectivity index (χ4n) is 3.63. The topological polar surface area (TPSA) is 45.2 Å². The molecular formula is C21H19ClFN3O. The molecule has 1 unspecified atom stereocenters. The zero-order valence-corrected chi connectivity index (χ0v) is 15.6. The van der Waals surface area contributed by atoms with E-state index in [1.165, 1.54) is 12.1 Å². The minimum atomic E-state index is -0.293. The maximum Gasteiger partial charge on any atom is 0.219 e. The number of rotatable bonds is 2. The standard InChI is InChI=1S/C21H19ClFN3O/c1-13(27)26-9-7-21(17-4-3-16(23)10-14(17)12-26)25-20-6-8-24-19-5-2-15(22)11-18(19)20/h2-6,8,10-11,21H,7,9,12H2,1H3,(H,24,25). The van der Waals surface area contributed by atoms with Gasteiger partial charge < -0.3 is 10.2 Å². The van der Waals surface area contributed by atoms with E-state index < -0.39 is 0 Å². The van der Waals surface area contributed by atoms with Gasteiger partial charge in [0.05, 0.1) is 11.6 Å². The molecule has 0 aliphatic carbocycles. The molecule has 6 heteroatoms. The van der Waals surface area contributed by atoms with Gasteiger partial charge in [-0.25, -0.2) is 4.39 Å². The number of amides is 1. The lowest BCUT2D eigenvalue weighted by Crippen LogP contribution is -2.28. The number of benzene rings is 2. The predicted octanol–water partition coefficient (Wildman–Crippen LogP) is 4.93. The van der Waals surface area contributed by atoms with Gasteiger partial charge in [0.15, 0.2) is 0 Å². The van der Waals surface area contributed by atoms with Crippen molar-refractivity contribution >= 4 is 34.1 Å². The van der Waals surface area contributed by atoms with Gasteiger partial charge in [-0.1, -0.05) is 17.7 Å². The summed E-state index contributed by atoms with van der Waals surface area (Å²) in [5, 5.41) is 5.14. The number of hydrogen-bond donors (Lipinski definition) is 1. The molecule has 1 aliphatic heterocycles. The Hall–Kier alpha value is -2.66. The van der Waals surface area contributed by atoms with E-state index in [1.807, 2.05) is 30.3 Å². The molecule has 27 heavy (non-hydrogen) atoms. The average Bonchev–Trinajstić information content (AvgIpc) is 2.81. The molecule has 138 valence electrons. The van der Waals surface area contributed by atoms with E-state index in [0.29, 0.717) is 18.1 Å². The van der Waals surface area contributed by atoms with Gasteiger partial charge in [0.2, 0.25) is 5.91 Å². The first-order chi connectivity index (χ1) is 13.0. The summed E-state index contributed by atoms with van der Waals surface area (Å²) in [5.74, 6) is -0.300. The van der Waals surface area contributed by atoms with Crippen LogP contribution in [0.25, 0.3) is 10.9 Å². The SMILES string of the molecule is CC(=O)N1CCC(Nc2ccnc3ccc(Cl)cc23)c2ccc(F)cc2C1. The first kappa shape index (κ1) is 17.7. The van der Waals surface area contributed by atoms with E-state index in [1.54, 1.807) is 18.0 Å². The summed E-state index contributed by atoms with van der Waals surface area (Å²) in [6.07, 6.45) is 2.48. The van der Waals surface area contributed by atoms with Gasteiger partial charge in [-0.15, -0.1) is 0 Å². The van der Waals surface area contributed by atoms with Gasteiger partial charge in [-0.3, -0.25) is 9.78 Å². The third-order valence-electron chi connectivity index (χ3n) is 5.01. The van der Waals surface area contributed by atoms with Gasteiger partial charge >= 0.3 is 0 Å². The van der Waals surface area contributed by atoms with Crippen molar-refractivity contribution in [3.8, 4) is 0 Å². The molecule has 1 N–H and O–H groups in total. The maximum absolute atomic E-state index is 13.8. The molecule has 0 saturated carbocycles. The second-order valence-electron chi connectivity index (χ2n) is 6.79. The Morgan fingerprint density at radius 2 is 2.11 bits per heavy atom. The lowest BCUT2D eigenvalue weighted by Gasteiger charge is -2.21. The van der Waals surface area contributed by atoms with Crippen LogP contribution in [-0.2, 0) is 11.3 Å². The molecule has 1 atom stereocenters. The van der Waals surface area contributed by atoms with Crippen LogP contribution in [0, 0.1) is 5.82 Å². The highest BCUT2D eigenvalue weighted by Crippen LogP contribution is 2.33. The third-order valence-corrected chi connectivity index (χ3v) is 5.24. The Morgan fingerprint density at radius 3 is 2.93 bits per heavy atom. The van der Waals surface area contributed by atoms with Crippen LogP contribution in [0.15, 0.2) is 48.7 Å². The molecular weight excluding hydrogens is 365 g/mol. The molecule has 0 radical (unpaired) electrons. The second-order valence-corrected chi connectivity index (χ2v) is 7.23. The van der Waals surface area contributed by atoms with Crippen LogP contribution >= 0.6 is 11.6 Å². The second kappa shape index (κ2) is 7.16.